The number of rotatable bonds is 4. The first-order valence-corrected chi connectivity index (χ1v) is 7.42. The van der Waals surface area contributed by atoms with Gasteiger partial charge in [0.1, 0.15) is 17.3 Å². The molecule has 0 fully saturated rings. The van der Waals surface area contributed by atoms with E-state index in [0.717, 1.165) is 27.8 Å². The molecule has 3 aromatic rings. The molecular formula is C18H16N2OS. The molecule has 4 heteroatoms. The van der Waals surface area contributed by atoms with Crippen LogP contribution in [0, 0.1) is 6.92 Å². The average Bonchev–Trinajstić information content (AvgIpc) is 2.54. The van der Waals surface area contributed by atoms with Gasteiger partial charge in [-0.05, 0) is 42.3 Å². The third-order valence-electron chi connectivity index (χ3n) is 3.49. The normalized spacial score (nSPS) is 10.6. The third-order valence-corrected chi connectivity index (χ3v) is 3.70. The van der Waals surface area contributed by atoms with Crippen molar-refractivity contribution in [1.82, 2.24) is 4.98 Å². The Bertz CT molecular complexity index is 831. The fourth-order valence-electron chi connectivity index (χ4n) is 2.33. The van der Waals surface area contributed by atoms with Crippen molar-refractivity contribution in [3.05, 3.63) is 71.4 Å². The van der Waals surface area contributed by atoms with E-state index in [4.69, 9.17) is 22.7 Å². The highest BCUT2D eigenvalue weighted by molar-refractivity contribution is 7.80. The number of hydrogen-bond acceptors (Lipinski definition) is 3. The van der Waals surface area contributed by atoms with Gasteiger partial charge in [-0.2, -0.15) is 0 Å². The predicted octanol–water partition coefficient (Wildman–Crippen LogP) is 3.76. The van der Waals surface area contributed by atoms with E-state index in [2.05, 4.69) is 4.98 Å². The minimum absolute atomic E-state index is 0.314. The van der Waals surface area contributed by atoms with Gasteiger partial charge in [0.05, 0.1) is 11.2 Å². The molecule has 0 saturated heterocycles. The fourth-order valence-corrected chi connectivity index (χ4v) is 2.43. The lowest BCUT2D eigenvalue weighted by atomic mass is 10.1. The number of ether oxygens (including phenoxy) is 1. The van der Waals surface area contributed by atoms with Crippen LogP contribution < -0.4 is 10.5 Å². The van der Waals surface area contributed by atoms with Crippen LogP contribution in [0.25, 0.3) is 10.9 Å². The third kappa shape index (κ3) is 3.07. The Hall–Kier alpha value is -2.46. The van der Waals surface area contributed by atoms with Gasteiger partial charge in [0, 0.05) is 5.39 Å². The molecule has 0 unspecified atom stereocenters. The first-order chi connectivity index (χ1) is 10.6. The van der Waals surface area contributed by atoms with Crippen LogP contribution in [0.1, 0.15) is 16.8 Å². The van der Waals surface area contributed by atoms with Crippen LogP contribution in [-0.2, 0) is 6.61 Å². The SMILES string of the molecule is Cc1cc(C(N)=S)nc2ccc(OCc3ccccc3)cc12. The first kappa shape index (κ1) is 14.5. The van der Waals surface area contributed by atoms with Crippen LogP contribution in [0.2, 0.25) is 0 Å². The maximum atomic E-state index is 5.85. The van der Waals surface area contributed by atoms with E-state index >= 15 is 0 Å². The van der Waals surface area contributed by atoms with E-state index in [-0.39, 0.29) is 0 Å². The molecule has 0 spiro atoms. The van der Waals surface area contributed by atoms with E-state index in [9.17, 15) is 0 Å². The molecular weight excluding hydrogens is 292 g/mol. The molecule has 2 N–H and O–H groups in total. The summed E-state index contributed by atoms with van der Waals surface area (Å²) in [5.74, 6) is 0.823. The smallest absolute Gasteiger partial charge is 0.122 e. The Kier molecular flexibility index (Phi) is 4.02. The Morgan fingerprint density at radius 1 is 1.14 bits per heavy atom. The summed E-state index contributed by atoms with van der Waals surface area (Å²) in [7, 11) is 0. The van der Waals surface area contributed by atoms with Crippen LogP contribution in [-0.4, -0.2) is 9.97 Å². The Morgan fingerprint density at radius 2 is 1.91 bits per heavy atom. The van der Waals surface area contributed by atoms with Gasteiger partial charge in [0.2, 0.25) is 0 Å². The van der Waals surface area contributed by atoms with Crippen molar-refractivity contribution in [2.24, 2.45) is 5.73 Å². The van der Waals surface area contributed by atoms with E-state index in [0.29, 0.717) is 17.3 Å². The molecule has 1 heterocycles. The monoisotopic (exact) mass is 308 g/mol. The molecule has 0 atom stereocenters. The molecule has 110 valence electrons. The van der Waals surface area contributed by atoms with Crippen molar-refractivity contribution in [2.75, 3.05) is 0 Å². The lowest BCUT2D eigenvalue weighted by Crippen LogP contribution is -2.11. The van der Waals surface area contributed by atoms with Crippen molar-refractivity contribution < 1.29 is 4.74 Å². The predicted molar refractivity (Wildman–Crippen MR) is 93.1 cm³/mol. The molecule has 2 aromatic carbocycles. The molecule has 3 rings (SSSR count). The Morgan fingerprint density at radius 3 is 2.64 bits per heavy atom. The molecule has 0 aliphatic rings. The van der Waals surface area contributed by atoms with Gasteiger partial charge >= 0.3 is 0 Å². The summed E-state index contributed by atoms with van der Waals surface area (Å²) in [6, 6.07) is 17.9. The number of fused-ring (bicyclic) bond motifs is 1. The molecule has 0 aliphatic heterocycles. The van der Waals surface area contributed by atoms with E-state index < -0.39 is 0 Å². The lowest BCUT2D eigenvalue weighted by molar-refractivity contribution is 0.306. The van der Waals surface area contributed by atoms with Gasteiger partial charge in [-0.15, -0.1) is 0 Å². The number of aryl methyl sites for hydroxylation is 1. The molecule has 0 amide bonds. The highest BCUT2D eigenvalue weighted by atomic mass is 32.1. The molecule has 3 nitrogen and oxygen atoms in total. The summed E-state index contributed by atoms with van der Waals surface area (Å²) in [6.45, 7) is 2.57. The largest absolute Gasteiger partial charge is 0.489 e. The number of aromatic nitrogens is 1. The maximum Gasteiger partial charge on any atom is 0.122 e. The second kappa shape index (κ2) is 6.12. The second-order valence-electron chi connectivity index (χ2n) is 5.14. The lowest BCUT2D eigenvalue weighted by Gasteiger charge is -2.09. The van der Waals surface area contributed by atoms with Crippen molar-refractivity contribution >= 4 is 28.1 Å². The van der Waals surface area contributed by atoms with Crippen molar-refractivity contribution in [1.29, 1.82) is 0 Å². The Labute approximate surface area is 134 Å². The summed E-state index contributed by atoms with van der Waals surface area (Å²) in [4.78, 5) is 4.79. The molecule has 0 bridgehead atoms. The highest BCUT2D eigenvalue weighted by Gasteiger charge is 2.06. The van der Waals surface area contributed by atoms with Gasteiger partial charge < -0.3 is 10.5 Å². The van der Waals surface area contributed by atoms with Crippen molar-refractivity contribution in [3.63, 3.8) is 0 Å². The van der Waals surface area contributed by atoms with E-state index in [1.54, 1.807) is 0 Å². The minimum atomic E-state index is 0.314. The number of nitrogens with two attached hydrogens (primary N) is 1. The molecule has 0 aliphatic carbocycles. The molecule has 22 heavy (non-hydrogen) atoms. The zero-order chi connectivity index (χ0) is 15.5. The first-order valence-electron chi connectivity index (χ1n) is 7.01. The molecule has 0 radical (unpaired) electrons. The van der Waals surface area contributed by atoms with Crippen molar-refractivity contribution in [2.45, 2.75) is 13.5 Å². The zero-order valence-electron chi connectivity index (χ0n) is 12.2. The summed E-state index contributed by atoms with van der Waals surface area (Å²) in [5.41, 5.74) is 9.40. The fraction of sp³-hybridized carbons (Fsp3) is 0.111. The topological polar surface area (TPSA) is 48.1 Å². The standard InChI is InChI=1S/C18H16N2OS/c1-12-9-17(18(19)22)20-16-8-7-14(10-15(12)16)21-11-13-5-3-2-4-6-13/h2-10H,11H2,1H3,(H2,19,22). The van der Waals surface area contributed by atoms with Gasteiger partial charge in [-0.25, -0.2) is 4.98 Å². The zero-order valence-corrected chi connectivity index (χ0v) is 13.1. The number of hydrogen-bond donors (Lipinski definition) is 1. The summed E-state index contributed by atoms with van der Waals surface area (Å²) in [5, 5.41) is 1.05. The van der Waals surface area contributed by atoms with Crippen LogP contribution in [0.5, 0.6) is 5.75 Å². The van der Waals surface area contributed by atoms with Gasteiger partial charge in [0.25, 0.3) is 0 Å². The van der Waals surface area contributed by atoms with Crippen LogP contribution in [0.4, 0.5) is 0 Å². The molecule has 0 saturated carbocycles. The number of nitrogens with zero attached hydrogens (tertiary/aromatic N) is 1. The minimum Gasteiger partial charge on any atom is -0.489 e. The molecule has 1 aromatic heterocycles. The van der Waals surface area contributed by atoms with E-state index in [1.807, 2.05) is 61.5 Å². The van der Waals surface area contributed by atoms with Gasteiger partial charge in [-0.3, -0.25) is 0 Å². The average molecular weight is 308 g/mol. The van der Waals surface area contributed by atoms with Gasteiger partial charge in [0.15, 0.2) is 0 Å². The maximum absolute atomic E-state index is 5.85. The second-order valence-corrected chi connectivity index (χ2v) is 5.58. The highest BCUT2D eigenvalue weighted by Crippen LogP contribution is 2.24. The Balaban J connectivity index is 1.88. The van der Waals surface area contributed by atoms with Crippen molar-refractivity contribution in [3.8, 4) is 5.75 Å². The van der Waals surface area contributed by atoms with Crippen LogP contribution >= 0.6 is 12.2 Å². The summed E-state index contributed by atoms with van der Waals surface area (Å²) >= 11 is 5.00. The quantitative estimate of drug-likeness (QED) is 0.746. The van der Waals surface area contributed by atoms with Crippen LogP contribution in [0.15, 0.2) is 54.6 Å². The number of pyridine rings is 1. The summed E-state index contributed by atoms with van der Waals surface area (Å²) in [6.07, 6.45) is 0. The number of benzene rings is 2. The van der Waals surface area contributed by atoms with Crippen LogP contribution in [0.3, 0.4) is 0 Å². The van der Waals surface area contributed by atoms with Gasteiger partial charge in [-0.1, -0.05) is 42.5 Å². The number of thiocarbonyl (C=S) groups is 1. The van der Waals surface area contributed by atoms with E-state index in [1.165, 1.54) is 0 Å². The summed E-state index contributed by atoms with van der Waals surface area (Å²) < 4.78 is 5.85.